The molecule has 35 heavy (non-hydrogen) atoms. The first-order chi connectivity index (χ1) is 16.9. The highest BCUT2D eigenvalue weighted by Crippen LogP contribution is 2.38. The number of pyridine rings is 1. The number of anilines is 1. The first kappa shape index (κ1) is 23.0. The Bertz CT molecular complexity index is 1440. The standard InChI is InChI=1S/C27H26N4O3S/c1-29(2)20-15-16-30(17-20)27(34)28-25-23(24(33)18-9-5-3-6-10-18)21-13-14-22(32)31(26(21)35-25)19-11-7-4-8-12-19/h3-14,20H,15-17H2,1-2H3,(H,28,34)/t20-/m1/s1. The number of thiophene rings is 1. The third kappa shape index (κ3) is 4.38. The van der Waals surface area contributed by atoms with Gasteiger partial charge in [-0.15, -0.1) is 0 Å². The number of fused-ring (bicyclic) bond motifs is 1. The minimum Gasteiger partial charge on any atom is -0.323 e. The van der Waals surface area contributed by atoms with Gasteiger partial charge in [-0.2, -0.15) is 0 Å². The Labute approximate surface area is 207 Å². The molecule has 2 aromatic heterocycles. The Kier molecular flexibility index (Phi) is 6.23. The number of likely N-dealkylation sites (tertiary alicyclic amines) is 1. The SMILES string of the molecule is CN(C)[C@@H]1CCN(C(=O)Nc2sc3c(ccc(=O)n3-c3ccccc3)c2C(=O)c2ccccc2)C1. The average Bonchev–Trinajstić information content (AvgIpc) is 3.50. The number of hydrogen-bond acceptors (Lipinski definition) is 5. The fraction of sp³-hybridized carbons (Fsp3) is 0.222. The molecule has 1 fully saturated rings. The van der Waals surface area contributed by atoms with Crippen LogP contribution < -0.4 is 10.9 Å². The summed E-state index contributed by atoms with van der Waals surface area (Å²) in [5.41, 5.74) is 1.43. The van der Waals surface area contributed by atoms with Gasteiger partial charge in [0.1, 0.15) is 9.83 Å². The summed E-state index contributed by atoms with van der Waals surface area (Å²) in [6, 6.07) is 21.5. The second kappa shape index (κ2) is 9.48. The van der Waals surface area contributed by atoms with Crippen molar-refractivity contribution in [3.63, 3.8) is 0 Å². The molecule has 0 unspecified atom stereocenters. The molecule has 0 spiro atoms. The summed E-state index contributed by atoms with van der Waals surface area (Å²) in [7, 11) is 4.02. The van der Waals surface area contributed by atoms with Gasteiger partial charge in [-0.05, 0) is 38.7 Å². The van der Waals surface area contributed by atoms with Crippen LogP contribution in [0.5, 0.6) is 0 Å². The first-order valence-electron chi connectivity index (χ1n) is 11.5. The maximum Gasteiger partial charge on any atom is 0.322 e. The van der Waals surface area contributed by atoms with Crippen molar-refractivity contribution >= 4 is 38.4 Å². The van der Waals surface area contributed by atoms with E-state index in [0.717, 1.165) is 6.42 Å². The molecule has 0 radical (unpaired) electrons. The highest BCUT2D eigenvalue weighted by atomic mass is 32.1. The summed E-state index contributed by atoms with van der Waals surface area (Å²) in [4.78, 5) is 44.3. The summed E-state index contributed by atoms with van der Waals surface area (Å²) in [5.74, 6) is -0.196. The zero-order valence-electron chi connectivity index (χ0n) is 19.6. The molecule has 0 aliphatic carbocycles. The molecular weight excluding hydrogens is 460 g/mol. The minimum absolute atomic E-state index is 0.196. The highest BCUT2D eigenvalue weighted by Gasteiger charge is 2.30. The Balaban J connectivity index is 1.62. The molecule has 7 nitrogen and oxygen atoms in total. The van der Waals surface area contributed by atoms with E-state index in [2.05, 4.69) is 10.2 Å². The number of ketones is 1. The fourth-order valence-corrected chi connectivity index (χ4v) is 5.68. The van der Waals surface area contributed by atoms with Gasteiger partial charge in [0.2, 0.25) is 0 Å². The number of benzene rings is 2. The van der Waals surface area contributed by atoms with Gasteiger partial charge in [0, 0.05) is 36.1 Å². The van der Waals surface area contributed by atoms with Gasteiger partial charge in [0.15, 0.2) is 5.78 Å². The second-order valence-electron chi connectivity index (χ2n) is 8.84. The van der Waals surface area contributed by atoms with Gasteiger partial charge in [-0.3, -0.25) is 19.5 Å². The Morgan fingerprint density at radius 1 is 0.971 bits per heavy atom. The number of aromatic nitrogens is 1. The van der Waals surface area contributed by atoms with Crippen LogP contribution in [-0.4, -0.2) is 59.4 Å². The van der Waals surface area contributed by atoms with E-state index >= 15 is 0 Å². The molecular formula is C27H26N4O3S. The van der Waals surface area contributed by atoms with Crippen molar-refractivity contribution in [2.24, 2.45) is 0 Å². The van der Waals surface area contributed by atoms with E-state index in [9.17, 15) is 14.4 Å². The van der Waals surface area contributed by atoms with Crippen LogP contribution in [0.25, 0.3) is 15.9 Å². The summed E-state index contributed by atoms with van der Waals surface area (Å²) in [6.45, 7) is 1.27. The normalized spacial score (nSPS) is 15.6. The lowest BCUT2D eigenvalue weighted by atomic mass is 10.0. The van der Waals surface area contributed by atoms with Crippen LogP contribution in [0.1, 0.15) is 22.3 Å². The lowest BCUT2D eigenvalue weighted by molar-refractivity contribution is 0.104. The number of nitrogens with zero attached hydrogens (tertiary/aromatic N) is 3. The number of hydrogen-bond donors (Lipinski definition) is 1. The molecule has 4 aromatic rings. The molecule has 1 aliphatic rings. The van der Waals surface area contributed by atoms with Crippen LogP contribution in [0, 0.1) is 0 Å². The van der Waals surface area contributed by atoms with E-state index < -0.39 is 0 Å². The minimum atomic E-state index is -0.239. The molecule has 0 saturated carbocycles. The van der Waals surface area contributed by atoms with Crippen molar-refractivity contribution in [1.29, 1.82) is 0 Å². The summed E-state index contributed by atoms with van der Waals surface area (Å²) in [6.07, 6.45) is 0.899. The Morgan fingerprint density at radius 2 is 1.66 bits per heavy atom. The summed E-state index contributed by atoms with van der Waals surface area (Å²) >= 11 is 1.25. The van der Waals surface area contributed by atoms with Gasteiger partial charge in [-0.25, -0.2) is 4.79 Å². The highest BCUT2D eigenvalue weighted by molar-refractivity contribution is 7.23. The molecule has 2 amide bonds. The molecule has 1 N–H and O–H groups in total. The predicted molar refractivity (Wildman–Crippen MR) is 140 cm³/mol. The van der Waals surface area contributed by atoms with E-state index in [0.29, 0.717) is 51.2 Å². The van der Waals surface area contributed by atoms with Crippen LogP contribution in [-0.2, 0) is 0 Å². The van der Waals surface area contributed by atoms with Crippen LogP contribution in [0.2, 0.25) is 0 Å². The van der Waals surface area contributed by atoms with E-state index in [1.54, 1.807) is 27.7 Å². The van der Waals surface area contributed by atoms with Crippen LogP contribution in [0.15, 0.2) is 77.6 Å². The maximum atomic E-state index is 13.7. The third-order valence-electron chi connectivity index (χ3n) is 6.42. The predicted octanol–water partition coefficient (Wildman–Crippen LogP) is 4.45. The second-order valence-corrected chi connectivity index (χ2v) is 9.84. The van der Waals surface area contributed by atoms with Crippen molar-refractivity contribution in [2.75, 3.05) is 32.5 Å². The molecule has 178 valence electrons. The maximum absolute atomic E-state index is 13.7. The first-order valence-corrected chi connectivity index (χ1v) is 12.3. The number of likely N-dealkylation sites (N-methyl/N-ethyl adjacent to an activating group) is 1. The topological polar surface area (TPSA) is 74.7 Å². The lowest BCUT2D eigenvalue weighted by Gasteiger charge is -2.20. The average molecular weight is 487 g/mol. The third-order valence-corrected chi connectivity index (χ3v) is 7.53. The van der Waals surface area contributed by atoms with Gasteiger partial charge in [-0.1, -0.05) is 59.9 Å². The molecule has 1 aliphatic heterocycles. The molecule has 3 heterocycles. The van der Waals surface area contributed by atoms with Crippen molar-refractivity contribution in [3.8, 4) is 5.69 Å². The molecule has 2 aromatic carbocycles. The zero-order valence-corrected chi connectivity index (χ0v) is 20.4. The van der Waals surface area contributed by atoms with E-state index in [1.807, 2.05) is 62.6 Å². The Morgan fingerprint density at radius 3 is 2.31 bits per heavy atom. The number of urea groups is 1. The lowest BCUT2D eigenvalue weighted by Crippen LogP contribution is -2.36. The number of nitrogens with one attached hydrogen (secondary N) is 1. The van der Waals surface area contributed by atoms with Crippen LogP contribution in [0.4, 0.5) is 9.80 Å². The zero-order chi connectivity index (χ0) is 24.5. The van der Waals surface area contributed by atoms with Crippen molar-refractivity contribution in [3.05, 3.63) is 94.3 Å². The van der Waals surface area contributed by atoms with E-state index in [-0.39, 0.29) is 17.4 Å². The smallest absolute Gasteiger partial charge is 0.322 e. The van der Waals surface area contributed by atoms with Gasteiger partial charge >= 0.3 is 6.03 Å². The molecule has 5 rings (SSSR count). The van der Waals surface area contributed by atoms with Crippen LogP contribution in [0.3, 0.4) is 0 Å². The summed E-state index contributed by atoms with van der Waals surface area (Å²) < 4.78 is 1.59. The van der Waals surface area contributed by atoms with Crippen molar-refractivity contribution < 1.29 is 9.59 Å². The monoisotopic (exact) mass is 486 g/mol. The molecule has 1 saturated heterocycles. The summed E-state index contributed by atoms with van der Waals surface area (Å²) in [5, 5.41) is 4.08. The number of carbonyl (C=O) groups excluding carboxylic acids is 2. The largest absolute Gasteiger partial charge is 0.323 e. The van der Waals surface area contributed by atoms with Gasteiger partial charge in [0.05, 0.1) is 11.3 Å². The Hall–Kier alpha value is -3.75. The molecule has 0 bridgehead atoms. The van der Waals surface area contributed by atoms with E-state index in [1.165, 1.54) is 17.4 Å². The van der Waals surface area contributed by atoms with Crippen molar-refractivity contribution in [2.45, 2.75) is 12.5 Å². The van der Waals surface area contributed by atoms with Gasteiger partial charge in [0.25, 0.3) is 5.56 Å². The number of amides is 2. The fourth-order valence-electron chi connectivity index (χ4n) is 4.47. The number of carbonyl (C=O) groups is 2. The quantitative estimate of drug-likeness (QED) is 0.423. The molecule has 8 heteroatoms. The van der Waals surface area contributed by atoms with Crippen LogP contribution >= 0.6 is 11.3 Å². The van der Waals surface area contributed by atoms with Crippen molar-refractivity contribution in [1.82, 2.24) is 14.4 Å². The molecule has 1 atom stereocenters. The van der Waals surface area contributed by atoms with Gasteiger partial charge < -0.3 is 9.80 Å². The van der Waals surface area contributed by atoms with E-state index in [4.69, 9.17) is 0 Å². The number of para-hydroxylation sites is 1. The number of rotatable bonds is 5.